The van der Waals surface area contributed by atoms with Gasteiger partial charge in [-0.1, -0.05) is 18.2 Å². The first-order valence-corrected chi connectivity index (χ1v) is 9.62. The number of amides is 1. The number of fused-ring (bicyclic) bond motifs is 2. The first kappa shape index (κ1) is 20.2. The molecule has 0 spiro atoms. The fraction of sp³-hybridized carbons (Fsp3) is 0.125. The van der Waals surface area contributed by atoms with Crippen LogP contribution in [0.5, 0.6) is 5.75 Å². The molecule has 1 aromatic heterocycles. The summed E-state index contributed by atoms with van der Waals surface area (Å²) < 4.78 is 11.5. The molecule has 4 rings (SSSR count). The molecule has 1 amide bonds. The maximum absolute atomic E-state index is 13.0. The molecule has 0 saturated heterocycles. The van der Waals surface area contributed by atoms with Gasteiger partial charge in [0.05, 0.1) is 12.5 Å². The Labute approximate surface area is 177 Å². The van der Waals surface area contributed by atoms with Crippen LogP contribution in [0.3, 0.4) is 0 Å². The second-order valence-corrected chi connectivity index (χ2v) is 7.02. The average molecular weight is 417 g/mol. The third-order valence-corrected chi connectivity index (χ3v) is 5.04. The highest BCUT2D eigenvalue weighted by Gasteiger charge is 2.24. The van der Waals surface area contributed by atoms with E-state index in [1.165, 1.54) is 0 Å². The van der Waals surface area contributed by atoms with E-state index in [4.69, 9.17) is 14.3 Å². The van der Waals surface area contributed by atoms with Gasteiger partial charge < -0.3 is 19.6 Å². The monoisotopic (exact) mass is 417 g/mol. The molecule has 0 bridgehead atoms. The Bertz CT molecular complexity index is 1320. The third-order valence-electron chi connectivity index (χ3n) is 5.04. The summed E-state index contributed by atoms with van der Waals surface area (Å²) in [6.45, 7) is 0. The largest absolute Gasteiger partial charge is 0.496 e. The molecule has 0 saturated carbocycles. The quantitative estimate of drug-likeness (QED) is 0.611. The topological polar surface area (TPSA) is 106 Å². The van der Waals surface area contributed by atoms with Gasteiger partial charge in [0, 0.05) is 35.0 Å². The van der Waals surface area contributed by atoms with Crippen molar-refractivity contribution in [3.63, 3.8) is 0 Å². The number of hydrogen-bond acceptors (Lipinski definition) is 5. The summed E-state index contributed by atoms with van der Waals surface area (Å²) in [7, 11) is 1.61. The van der Waals surface area contributed by atoms with Gasteiger partial charge in [0.1, 0.15) is 17.1 Å². The smallest absolute Gasteiger partial charge is 0.328 e. The van der Waals surface area contributed by atoms with E-state index in [0.29, 0.717) is 40.8 Å². The summed E-state index contributed by atoms with van der Waals surface area (Å²) in [5.41, 5.74) is 3.07. The minimum Gasteiger partial charge on any atom is -0.496 e. The van der Waals surface area contributed by atoms with Gasteiger partial charge in [-0.05, 0) is 42.7 Å². The van der Waals surface area contributed by atoms with Gasteiger partial charge in [0.2, 0.25) is 5.91 Å². The fourth-order valence-corrected chi connectivity index (χ4v) is 3.61. The molecule has 1 aliphatic carbocycles. The molecule has 2 aromatic carbocycles. The van der Waals surface area contributed by atoms with Crippen LogP contribution in [0.4, 0.5) is 5.69 Å². The zero-order valence-electron chi connectivity index (χ0n) is 16.7. The lowest BCUT2D eigenvalue weighted by atomic mass is 10.1. The molecule has 0 atom stereocenters. The number of carbonyl (C=O) groups excluding carboxylic acids is 1. The van der Waals surface area contributed by atoms with Crippen LogP contribution in [0.25, 0.3) is 22.6 Å². The molecular weight excluding hydrogens is 398 g/mol. The Kier molecular flexibility index (Phi) is 5.41. The lowest BCUT2D eigenvalue weighted by Crippen LogP contribution is -2.11. The summed E-state index contributed by atoms with van der Waals surface area (Å²) >= 11 is 0. The van der Waals surface area contributed by atoms with Crippen molar-refractivity contribution >= 4 is 40.2 Å². The van der Waals surface area contributed by atoms with Crippen LogP contribution >= 0.6 is 0 Å². The molecule has 2 N–H and O–H groups in total. The van der Waals surface area contributed by atoms with Gasteiger partial charge in [-0.15, -0.1) is 0 Å². The number of nitrogens with one attached hydrogen (secondary N) is 1. The summed E-state index contributed by atoms with van der Waals surface area (Å²) in [5, 5.41) is 11.6. The van der Waals surface area contributed by atoms with Crippen molar-refractivity contribution in [3.05, 3.63) is 81.7 Å². The Balaban J connectivity index is 1.74. The van der Waals surface area contributed by atoms with Gasteiger partial charge in [-0.3, -0.25) is 9.59 Å². The summed E-state index contributed by atoms with van der Waals surface area (Å²) in [5.74, 6) is -0.546. The Morgan fingerprint density at radius 1 is 1.13 bits per heavy atom. The number of methoxy groups -OCH3 is 1. The van der Waals surface area contributed by atoms with Gasteiger partial charge in [-0.25, -0.2) is 4.79 Å². The summed E-state index contributed by atoms with van der Waals surface area (Å²) in [6, 6.07) is 12.3. The van der Waals surface area contributed by atoms with Gasteiger partial charge in [-0.2, -0.15) is 0 Å². The molecule has 156 valence electrons. The number of ether oxygens (including phenoxy) is 1. The van der Waals surface area contributed by atoms with Crippen molar-refractivity contribution in [3.8, 4) is 5.75 Å². The van der Waals surface area contributed by atoms with Crippen LogP contribution in [0.2, 0.25) is 0 Å². The second kappa shape index (κ2) is 8.31. The molecule has 0 aliphatic heterocycles. The number of carboxylic acids is 1. The number of benzene rings is 2. The van der Waals surface area contributed by atoms with Crippen LogP contribution in [-0.4, -0.2) is 24.1 Å². The fourth-order valence-electron chi connectivity index (χ4n) is 3.61. The van der Waals surface area contributed by atoms with Crippen molar-refractivity contribution in [2.45, 2.75) is 12.8 Å². The van der Waals surface area contributed by atoms with E-state index in [9.17, 15) is 14.4 Å². The molecule has 3 aromatic rings. The third kappa shape index (κ3) is 4.11. The van der Waals surface area contributed by atoms with E-state index >= 15 is 0 Å². The molecule has 1 aliphatic rings. The van der Waals surface area contributed by atoms with Crippen LogP contribution < -0.4 is 15.5 Å². The summed E-state index contributed by atoms with van der Waals surface area (Å²) in [4.78, 5) is 35.4. The molecule has 7 nitrogen and oxygen atoms in total. The highest BCUT2D eigenvalue weighted by atomic mass is 16.5. The van der Waals surface area contributed by atoms with Gasteiger partial charge >= 0.3 is 5.97 Å². The number of carbonyl (C=O) groups is 2. The lowest BCUT2D eigenvalue weighted by Gasteiger charge is -2.08. The molecule has 31 heavy (non-hydrogen) atoms. The number of anilines is 1. The highest BCUT2D eigenvalue weighted by molar-refractivity contribution is 6.03. The van der Waals surface area contributed by atoms with E-state index in [0.717, 1.165) is 29.0 Å². The van der Waals surface area contributed by atoms with Crippen molar-refractivity contribution in [1.82, 2.24) is 0 Å². The maximum Gasteiger partial charge on any atom is 0.328 e. The Hall–Kier alpha value is -4.13. The van der Waals surface area contributed by atoms with Crippen LogP contribution in [0.1, 0.15) is 23.3 Å². The highest BCUT2D eigenvalue weighted by Crippen LogP contribution is 2.35. The van der Waals surface area contributed by atoms with Crippen molar-refractivity contribution in [1.29, 1.82) is 0 Å². The van der Waals surface area contributed by atoms with E-state index in [1.54, 1.807) is 25.3 Å². The second-order valence-electron chi connectivity index (χ2n) is 7.02. The number of para-hydroxylation sites is 1. The number of carboxylic acid groups (broad SMARTS) is 1. The molecule has 0 fully saturated rings. The van der Waals surface area contributed by atoms with Crippen molar-refractivity contribution in [2.75, 3.05) is 12.4 Å². The zero-order valence-corrected chi connectivity index (χ0v) is 16.7. The first-order chi connectivity index (χ1) is 15.0. The minimum absolute atomic E-state index is 0.0941. The first-order valence-electron chi connectivity index (χ1n) is 9.62. The number of allylic oxidation sites excluding steroid dienone is 1. The van der Waals surface area contributed by atoms with E-state index < -0.39 is 11.9 Å². The molecule has 0 radical (unpaired) electrons. The molecular formula is C24H19NO6. The lowest BCUT2D eigenvalue weighted by molar-refractivity contribution is -0.131. The van der Waals surface area contributed by atoms with Crippen LogP contribution in [0, 0.1) is 0 Å². The predicted octanol–water partition coefficient (Wildman–Crippen LogP) is 3.87. The van der Waals surface area contributed by atoms with Gasteiger partial charge in [0.25, 0.3) is 0 Å². The Morgan fingerprint density at radius 2 is 1.94 bits per heavy atom. The summed E-state index contributed by atoms with van der Waals surface area (Å²) in [6.07, 6.45) is 4.89. The SMILES string of the molecule is COc1ccccc1/C=C1\CCc2c1oc1cc(NC(=O)/C=C\C(=O)O)ccc1c2=O. The molecule has 0 unspecified atom stereocenters. The number of rotatable bonds is 5. The molecule has 7 heteroatoms. The standard InChI is InChI=1S/C24H19NO6/c1-30-19-5-3-2-4-14(19)12-15-6-8-18-23(29)17-9-7-16(13-20(17)31-24(15)18)25-21(26)10-11-22(27)28/h2-5,7,9-13H,6,8H2,1H3,(H,25,26)(H,27,28)/b11-10-,15-12+. The van der Waals surface area contributed by atoms with E-state index in [1.807, 2.05) is 30.3 Å². The van der Waals surface area contributed by atoms with E-state index in [2.05, 4.69) is 5.32 Å². The normalized spacial score (nSPS) is 14.2. The molecule has 1 heterocycles. The van der Waals surface area contributed by atoms with Crippen LogP contribution in [-0.2, 0) is 16.0 Å². The maximum atomic E-state index is 13.0. The number of hydrogen-bond donors (Lipinski definition) is 2. The predicted molar refractivity (Wildman–Crippen MR) is 117 cm³/mol. The number of aliphatic carboxylic acids is 1. The van der Waals surface area contributed by atoms with Crippen LogP contribution in [0.15, 0.2) is 63.8 Å². The van der Waals surface area contributed by atoms with Crippen molar-refractivity contribution in [2.24, 2.45) is 0 Å². The van der Waals surface area contributed by atoms with E-state index in [-0.39, 0.29) is 5.43 Å². The Morgan fingerprint density at radius 3 is 2.71 bits per heavy atom. The van der Waals surface area contributed by atoms with Gasteiger partial charge in [0.15, 0.2) is 5.43 Å². The average Bonchev–Trinajstić information content (AvgIpc) is 3.15. The zero-order chi connectivity index (χ0) is 22.0. The minimum atomic E-state index is -1.22. The van der Waals surface area contributed by atoms with Crippen molar-refractivity contribution < 1.29 is 23.8 Å².